The molecule has 1 saturated heterocycles. The standard InChI is InChI=1S/C21H24BrFN4O3/c1-20(2,3)27(19(28)29)14-7-21(8-14)10-26(11-21)18-17(9-24-12-25-18)30-16-5-4-13(23)6-15(16)22/h4-6,9,12,14H,7-8,10-11H2,1-3H3,(H,28,29). The van der Waals surface area contributed by atoms with Crippen LogP contribution in [0.4, 0.5) is 15.0 Å². The summed E-state index contributed by atoms with van der Waals surface area (Å²) in [5.74, 6) is 1.31. The third-order valence-electron chi connectivity index (χ3n) is 5.76. The number of benzene rings is 1. The molecule has 1 amide bonds. The molecule has 1 aromatic carbocycles. The largest absolute Gasteiger partial charge is 0.465 e. The monoisotopic (exact) mass is 478 g/mol. The number of amides is 1. The fourth-order valence-electron chi connectivity index (χ4n) is 4.58. The summed E-state index contributed by atoms with van der Waals surface area (Å²) in [7, 11) is 0. The van der Waals surface area contributed by atoms with Crippen LogP contribution in [0.2, 0.25) is 0 Å². The van der Waals surface area contributed by atoms with Crippen molar-refractivity contribution in [2.24, 2.45) is 5.41 Å². The SMILES string of the molecule is CC(C)(C)N(C(=O)O)C1CC2(C1)CN(c1ncncc1Oc1ccc(F)cc1Br)C2. The van der Waals surface area contributed by atoms with E-state index in [9.17, 15) is 14.3 Å². The van der Waals surface area contributed by atoms with Crippen LogP contribution >= 0.6 is 15.9 Å². The van der Waals surface area contributed by atoms with Gasteiger partial charge in [0.05, 0.1) is 10.7 Å². The van der Waals surface area contributed by atoms with Crippen molar-refractivity contribution in [1.29, 1.82) is 0 Å². The van der Waals surface area contributed by atoms with Crippen LogP contribution in [0, 0.1) is 11.2 Å². The molecule has 2 aliphatic rings. The lowest BCUT2D eigenvalue weighted by atomic mass is 9.60. The van der Waals surface area contributed by atoms with Gasteiger partial charge in [-0.3, -0.25) is 0 Å². The molecule has 30 heavy (non-hydrogen) atoms. The molecule has 1 N–H and O–H groups in total. The highest BCUT2D eigenvalue weighted by Crippen LogP contribution is 2.53. The highest BCUT2D eigenvalue weighted by atomic mass is 79.9. The van der Waals surface area contributed by atoms with Crippen molar-refractivity contribution in [2.75, 3.05) is 18.0 Å². The second-order valence-electron chi connectivity index (χ2n) is 9.13. The van der Waals surface area contributed by atoms with Crippen molar-refractivity contribution < 1.29 is 19.0 Å². The number of nitrogens with zero attached hydrogens (tertiary/aromatic N) is 4. The molecule has 1 aromatic heterocycles. The normalized spacial score (nSPS) is 18.0. The Hall–Kier alpha value is -2.42. The minimum Gasteiger partial charge on any atom is -0.465 e. The van der Waals surface area contributed by atoms with Crippen LogP contribution in [-0.4, -0.2) is 50.7 Å². The Balaban J connectivity index is 1.43. The van der Waals surface area contributed by atoms with Crippen LogP contribution < -0.4 is 9.64 Å². The first kappa shape index (κ1) is 20.8. The summed E-state index contributed by atoms with van der Waals surface area (Å²) >= 11 is 3.31. The van der Waals surface area contributed by atoms with Gasteiger partial charge in [0.15, 0.2) is 11.6 Å². The maximum Gasteiger partial charge on any atom is 0.407 e. The lowest BCUT2D eigenvalue weighted by Gasteiger charge is -2.62. The summed E-state index contributed by atoms with van der Waals surface area (Å²) in [6.07, 6.45) is 3.89. The second-order valence-corrected chi connectivity index (χ2v) is 9.98. The van der Waals surface area contributed by atoms with Crippen molar-refractivity contribution in [3.63, 3.8) is 0 Å². The van der Waals surface area contributed by atoms with Gasteiger partial charge in [0.25, 0.3) is 0 Å². The summed E-state index contributed by atoms with van der Waals surface area (Å²) in [4.78, 5) is 23.8. The van der Waals surface area contributed by atoms with Crippen molar-refractivity contribution in [3.05, 3.63) is 41.0 Å². The van der Waals surface area contributed by atoms with Gasteiger partial charge in [-0.2, -0.15) is 0 Å². The van der Waals surface area contributed by atoms with Gasteiger partial charge in [0.2, 0.25) is 0 Å². The van der Waals surface area contributed by atoms with Crippen LogP contribution in [0.5, 0.6) is 11.5 Å². The van der Waals surface area contributed by atoms with E-state index < -0.39 is 11.6 Å². The molecule has 2 heterocycles. The predicted octanol–water partition coefficient (Wildman–Crippen LogP) is 4.92. The molecule has 4 rings (SSSR count). The Morgan fingerprint density at radius 3 is 2.63 bits per heavy atom. The molecule has 0 unspecified atom stereocenters. The van der Waals surface area contributed by atoms with Crippen LogP contribution in [0.25, 0.3) is 0 Å². The minimum atomic E-state index is -0.866. The van der Waals surface area contributed by atoms with E-state index in [-0.39, 0.29) is 17.3 Å². The van der Waals surface area contributed by atoms with Crippen LogP contribution in [0.1, 0.15) is 33.6 Å². The van der Waals surface area contributed by atoms with Crippen molar-refractivity contribution in [1.82, 2.24) is 14.9 Å². The van der Waals surface area contributed by atoms with Crippen molar-refractivity contribution >= 4 is 27.8 Å². The molecule has 7 nitrogen and oxygen atoms in total. The van der Waals surface area contributed by atoms with Gasteiger partial charge < -0.3 is 19.6 Å². The smallest absolute Gasteiger partial charge is 0.407 e. The minimum absolute atomic E-state index is 0.0425. The van der Waals surface area contributed by atoms with Gasteiger partial charge >= 0.3 is 6.09 Å². The molecule has 1 saturated carbocycles. The van der Waals surface area contributed by atoms with Gasteiger partial charge in [0.1, 0.15) is 17.9 Å². The molecule has 160 valence electrons. The zero-order chi connectivity index (χ0) is 21.7. The van der Waals surface area contributed by atoms with E-state index in [4.69, 9.17) is 4.74 Å². The molecular formula is C21H24BrFN4O3. The highest BCUT2D eigenvalue weighted by molar-refractivity contribution is 9.10. The molecule has 0 radical (unpaired) electrons. The number of carbonyl (C=O) groups is 1. The summed E-state index contributed by atoms with van der Waals surface area (Å²) < 4.78 is 19.8. The molecule has 0 bridgehead atoms. The lowest BCUT2D eigenvalue weighted by Crippen LogP contribution is -2.69. The van der Waals surface area contributed by atoms with E-state index in [1.807, 2.05) is 20.8 Å². The number of carboxylic acid groups (broad SMARTS) is 1. The van der Waals surface area contributed by atoms with Crippen molar-refractivity contribution in [3.8, 4) is 11.5 Å². The molecular weight excluding hydrogens is 455 g/mol. The van der Waals surface area contributed by atoms with E-state index in [1.165, 1.54) is 18.5 Å². The number of halogens is 2. The van der Waals surface area contributed by atoms with Gasteiger partial charge in [0, 0.05) is 30.1 Å². The van der Waals surface area contributed by atoms with Crippen LogP contribution in [-0.2, 0) is 0 Å². The summed E-state index contributed by atoms with van der Waals surface area (Å²) in [6.45, 7) is 7.37. The maximum absolute atomic E-state index is 13.3. The summed E-state index contributed by atoms with van der Waals surface area (Å²) in [5, 5.41) is 9.61. The number of anilines is 1. The van der Waals surface area contributed by atoms with Gasteiger partial charge in [-0.05, 0) is 67.7 Å². The third-order valence-corrected chi connectivity index (χ3v) is 6.38. The Labute approximate surface area is 183 Å². The first-order chi connectivity index (χ1) is 14.1. The molecule has 1 aliphatic carbocycles. The lowest BCUT2D eigenvalue weighted by molar-refractivity contribution is -0.0431. The Kier molecular flexibility index (Phi) is 5.12. The topological polar surface area (TPSA) is 78.8 Å². The number of rotatable bonds is 4. The second kappa shape index (κ2) is 7.37. The van der Waals surface area contributed by atoms with E-state index in [0.717, 1.165) is 25.9 Å². The van der Waals surface area contributed by atoms with Gasteiger partial charge in [-0.25, -0.2) is 19.2 Å². The molecule has 1 aliphatic heterocycles. The fraction of sp³-hybridized carbons (Fsp3) is 0.476. The average molecular weight is 479 g/mol. The summed E-state index contributed by atoms with van der Waals surface area (Å²) in [5.41, 5.74) is -0.306. The van der Waals surface area contributed by atoms with E-state index >= 15 is 0 Å². The van der Waals surface area contributed by atoms with E-state index in [1.54, 1.807) is 17.2 Å². The molecule has 2 fully saturated rings. The molecule has 1 spiro atoms. The molecule has 2 aromatic rings. The third kappa shape index (κ3) is 3.82. The molecule has 0 atom stereocenters. The predicted molar refractivity (Wildman–Crippen MR) is 113 cm³/mol. The Morgan fingerprint density at radius 2 is 2.03 bits per heavy atom. The highest BCUT2D eigenvalue weighted by Gasteiger charge is 2.56. The van der Waals surface area contributed by atoms with E-state index in [0.29, 0.717) is 21.8 Å². The first-order valence-electron chi connectivity index (χ1n) is 9.78. The number of aromatic nitrogens is 2. The van der Waals surface area contributed by atoms with Crippen molar-refractivity contribution in [2.45, 2.75) is 45.2 Å². The fourth-order valence-corrected chi connectivity index (χ4v) is 5.01. The number of ether oxygens (including phenoxy) is 1. The zero-order valence-corrected chi connectivity index (χ0v) is 18.7. The maximum atomic E-state index is 13.3. The quantitative estimate of drug-likeness (QED) is 0.671. The van der Waals surface area contributed by atoms with Crippen LogP contribution in [0.3, 0.4) is 0 Å². The zero-order valence-electron chi connectivity index (χ0n) is 17.1. The average Bonchev–Trinajstić information content (AvgIpc) is 2.57. The van der Waals surface area contributed by atoms with Crippen LogP contribution in [0.15, 0.2) is 35.2 Å². The van der Waals surface area contributed by atoms with Gasteiger partial charge in [-0.15, -0.1) is 0 Å². The Bertz CT molecular complexity index is 967. The number of hydrogen-bond donors (Lipinski definition) is 1. The Morgan fingerprint density at radius 1 is 1.33 bits per heavy atom. The van der Waals surface area contributed by atoms with E-state index in [2.05, 4.69) is 30.8 Å². The van der Waals surface area contributed by atoms with Gasteiger partial charge in [-0.1, -0.05) is 0 Å². The molecule has 9 heteroatoms. The summed E-state index contributed by atoms with van der Waals surface area (Å²) in [6, 6.07) is 4.27. The first-order valence-corrected chi connectivity index (χ1v) is 10.6. The number of hydrogen-bond acceptors (Lipinski definition) is 5.